The molecule has 2 heteroatoms. The predicted molar refractivity (Wildman–Crippen MR) is 54.5 cm³/mol. The molecular weight excluding hydrogens is 162 g/mol. The fourth-order valence-corrected chi connectivity index (χ4v) is 1.25. The Kier molecular flexibility index (Phi) is 3.46. The lowest BCUT2D eigenvalue weighted by atomic mass is 9.98. The van der Waals surface area contributed by atoms with Gasteiger partial charge in [0.2, 0.25) is 0 Å². The molecule has 0 bridgehead atoms. The molecule has 0 aromatic heterocycles. The lowest BCUT2D eigenvalue weighted by Crippen LogP contribution is -2.14. The van der Waals surface area contributed by atoms with E-state index < -0.39 is 0 Å². The summed E-state index contributed by atoms with van der Waals surface area (Å²) in [6.07, 6.45) is 0. The number of aliphatic hydroxyl groups is 1. The average molecular weight is 179 g/mol. The summed E-state index contributed by atoms with van der Waals surface area (Å²) >= 11 is 0. The fourth-order valence-electron chi connectivity index (χ4n) is 1.25. The zero-order valence-corrected chi connectivity index (χ0v) is 8.20. The van der Waals surface area contributed by atoms with Crippen molar-refractivity contribution in [2.75, 3.05) is 6.61 Å². The molecule has 1 aromatic carbocycles. The number of rotatable bonds is 3. The molecule has 0 radical (unpaired) electrons. The van der Waals surface area contributed by atoms with Crippen LogP contribution < -0.4 is 5.73 Å². The molecule has 3 N–H and O–H groups in total. The van der Waals surface area contributed by atoms with Gasteiger partial charge in [-0.1, -0.05) is 38.1 Å². The second-order valence-corrected chi connectivity index (χ2v) is 3.61. The zero-order chi connectivity index (χ0) is 9.84. The summed E-state index contributed by atoms with van der Waals surface area (Å²) in [6.45, 7) is 4.29. The minimum absolute atomic E-state index is 0.00154. The molecular formula is C11H17NO. The summed E-state index contributed by atoms with van der Waals surface area (Å²) in [7, 11) is 0. The first-order valence-electron chi connectivity index (χ1n) is 4.61. The molecule has 0 aliphatic heterocycles. The first-order valence-corrected chi connectivity index (χ1v) is 4.61. The van der Waals surface area contributed by atoms with Crippen molar-refractivity contribution in [3.8, 4) is 0 Å². The van der Waals surface area contributed by atoms with Gasteiger partial charge in [0.15, 0.2) is 0 Å². The number of aliphatic hydroxyl groups excluding tert-OH is 1. The van der Waals surface area contributed by atoms with Crippen molar-refractivity contribution in [1.82, 2.24) is 0 Å². The summed E-state index contributed by atoms with van der Waals surface area (Å²) < 4.78 is 0. The molecule has 0 amide bonds. The van der Waals surface area contributed by atoms with Crippen LogP contribution in [0.1, 0.15) is 36.9 Å². The van der Waals surface area contributed by atoms with Crippen LogP contribution in [0, 0.1) is 0 Å². The summed E-state index contributed by atoms with van der Waals surface area (Å²) in [5, 5.41) is 8.89. The van der Waals surface area contributed by atoms with Crippen LogP contribution in [-0.2, 0) is 0 Å². The Hall–Kier alpha value is -0.860. The summed E-state index contributed by atoms with van der Waals surface area (Å²) in [5.41, 5.74) is 7.99. The van der Waals surface area contributed by atoms with Crippen molar-refractivity contribution >= 4 is 0 Å². The molecule has 13 heavy (non-hydrogen) atoms. The molecule has 72 valence electrons. The van der Waals surface area contributed by atoms with Crippen molar-refractivity contribution in [3.05, 3.63) is 35.4 Å². The van der Waals surface area contributed by atoms with Gasteiger partial charge in [0, 0.05) is 0 Å². The van der Waals surface area contributed by atoms with Gasteiger partial charge in [-0.3, -0.25) is 0 Å². The quantitative estimate of drug-likeness (QED) is 0.743. The maximum Gasteiger partial charge on any atom is 0.0624 e. The molecule has 0 saturated heterocycles. The molecule has 0 spiro atoms. The van der Waals surface area contributed by atoms with Crippen LogP contribution in [0.3, 0.4) is 0 Å². The van der Waals surface area contributed by atoms with Crippen LogP contribution in [0.25, 0.3) is 0 Å². The Morgan fingerprint density at radius 3 is 2.46 bits per heavy atom. The van der Waals surface area contributed by atoms with Crippen LogP contribution in [0.2, 0.25) is 0 Å². The van der Waals surface area contributed by atoms with Gasteiger partial charge in [-0.2, -0.15) is 0 Å². The molecule has 1 atom stereocenters. The number of benzene rings is 1. The van der Waals surface area contributed by atoms with E-state index in [4.69, 9.17) is 10.8 Å². The number of hydrogen-bond acceptors (Lipinski definition) is 2. The van der Waals surface area contributed by atoms with E-state index >= 15 is 0 Å². The third-order valence-electron chi connectivity index (χ3n) is 2.20. The summed E-state index contributed by atoms with van der Waals surface area (Å²) in [5.74, 6) is 0.505. The van der Waals surface area contributed by atoms with E-state index in [0.717, 1.165) is 5.56 Å². The average Bonchev–Trinajstić information content (AvgIpc) is 2.17. The van der Waals surface area contributed by atoms with E-state index in [0.29, 0.717) is 5.92 Å². The first kappa shape index (κ1) is 10.2. The standard InChI is InChI=1S/C11H17NO/c1-8(2)9-4-3-5-10(6-9)11(12)7-13/h3-6,8,11,13H,7,12H2,1-2H3/t11-/m1/s1. The Morgan fingerprint density at radius 1 is 1.31 bits per heavy atom. The van der Waals surface area contributed by atoms with Crippen LogP contribution in [0.5, 0.6) is 0 Å². The van der Waals surface area contributed by atoms with E-state index in [1.807, 2.05) is 12.1 Å². The van der Waals surface area contributed by atoms with Gasteiger partial charge in [0.25, 0.3) is 0 Å². The van der Waals surface area contributed by atoms with Crippen molar-refractivity contribution in [2.24, 2.45) is 5.73 Å². The second-order valence-electron chi connectivity index (χ2n) is 3.61. The maximum absolute atomic E-state index is 8.89. The smallest absolute Gasteiger partial charge is 0.0624 e. The topological polar surface area (TPSA) is 46.2 Å². The molecule has 0 aliphatic carbocycles. The van der Waals surface area contributed by atoms with Gasteiger partial charge >= 0.3 is 0 Å². The third kappa shape index (κ3) is 2.54. The summed E-state index contributed by atoms with van der Waals surface area (Å²) in [4.78, 5) is 0. The van der Waals surface area contributed by atoms with Gasteiger partial charge in [0.05, 0.1) is 12.6 Å². The summed E-state index contributed by atoms with van der Waals surface area (Å²) in [6, 6.07) is 7.83. The highest BCUT2D eigenvalue weighted by Crippen LogP contribution is 2.18. The highest BCUT2D eigenvalue weighted by atomic mass is 16.3. The van der Waals surface area contributed by atoms with E-state index in [1.165, 1.54) is 5.56 Å². The normalized spacial score (nSPS) is 13.3. The molecule has 0 heterocycles. The minimum Gasteiger partial charge on any atom is -0.394 e. The Morgan fingerprint density at radius 2 is 1.92 bits per heavy atom. The molecule has 0 aliphatic rings. The van der Waals surface area contributed by atoms with Crippen LogP contribution in [0.4, 0.5) is 0 Å². The van der Waals surface area contributed by atoms with Crippen LogP contribution in [0.15, 0.2) is 24.3 Å². The molecule has 0 fully saturated rings. The first-order chi connectivity index (χ1) is 6.15. The van der Waals surface area contributed by atoms with Crippen molar-refractivity contribution in [3.63, 3.8) is 0 Å². The van der Waals surface area contributed by atoms with Crippen molar-refractivity contribution in [2.45, 2.75) is 25.8 Å². The lowest BCUT2D eigenvalue weighted by Gasteiger charge is -2.11. The van der Waals surface area contributed by atoms with Gasteiger partial charge in [0.1, 0.15) is 0 Å². The highest BCUT2D eigenvalue weighted by molar-refractivity contribution is 5.27. The molecule has 0 unspecified atom stereocenters. The van der Waals surface area contributed by atoms with Crippen molar-refractivity contribution < 1.29 is 5.11 Å². The molecule has 1 aromatic rings. The SMILES string of the molecule is CC(C)c1cccc([C@H](N)CO)c1. The Balaban J connectivity index is 2.91. The van der Waals surface area contributed by atoms with Gasteiger partial charge in [-0.25, -0.2) is 0 Å². The van der Waals surface area contributed by atoms with E-state index in [-0.39, 0.29) is 12.6 Å². The monoisotopic (exact) mass is 179 g/mol. The largest absolute Gasteiger partial charge is 0.394 e. The van der Waals surface area contributed by atoms with E-state index in [9.17, 15) is 0 Å². The molecule has 2 nitrogen and oxygen atoms in total. The van der Waals surface area contributed by atoms with Crippen LogP contribution in [-0.4, -0.2) is 11.7 Å². The highest BCUT2D eigenvalue weighted by Gasteiger charge is 2.05. The second kappa shape index (κ2) is 4.40. The van der Waals surface area contributed by atoms with Crippen molar-refractivity contribution in [1.29, 1.82) is 0 Å². The Labute approximate surface area is 79.4 Å². The predicted octanol–water partition coefficient (Wildman–Crippen LogP) is 1.80. The van der Waals surface area contributed by atoms with E-state index in [2.05, 4.69) is 26.0 Å². The van der Waals surface area contributed by atoms with Crippen LogP contribution >= 0.6 is 0 Å². The third-order valence-corrected chi connectivity index (χ3v) is 2.20. The number of hydrogen-bond donors (Lipinski definition) is 2. The van der Waals surface area contributed by atoms with Gasteiger partial charge in [-0.05, 0) is 17.0 Å². The lowest BCUT2D eigenvalue weighted by molar-refractivity contribution is 0.268. The van der Waals surface area contributed by atoms with Gasteiger partial charge < -0.3 is 10.8 Å². The fraction of sp³-hybridized carbons (Fsp3) is 0.455. The molecule has 1 rings (SSSR count). The van der Waals surface area contributed by atoms with E-state index in [1.54, 1.807) is 0 Å². The zero-order valence-electron chi connectivity index (χ0n) is 8.20. The molecule has 0 saturated carbocycles. The van der Waals surface area contributed by atoms with Gasteiger partial charge in [-0.15, -0.1) is 0 Å². The Bertz CT molecular complexity index is 271. The maximum atomic E-state index is 8.89. The number of nitrogens with two attached hydrogens (primary N) is 1. The minimum atomic E-state index is -0.251.